The third-order valence-corrected chi connectivity index (χ3v) is 5.81. The van der Waals surface area contributed by atoms with Crippen LogP contribution in [0.3, 0.4) is 0 Å². The van der Waals surface area contributed by atoms with E-state index in [-0.39, 0.29) is 0 Å². The molecule has 2 rings (SSSR count). The topological polar surface area (TPSA) is 46.1 Å². The molecule has 1 unspecified atom stereocenters. The molecule has 1 aromatic carbocycles. The van der Waals surface area contributed by atoms with E-state index in [0.29, 0.717) is 25.7 Å². The van der Waals surface area contributed by atoms with Gasteiger partial charge in [0, 0.05) is 43.9 Å². The largest absolute Gasteiger partial charge is 0.379 e. The van der Waals surface area contributed by atoms with E-state index >= 15 is 0 Å². The van der Waals surface area contributed by atoms with E-state index in [4.69, 9.17) is 9.47 Å². The lowest BCUT2D eigenvalue weighted by Crippen LogP contribution is -2.41. The number of nitrogens with zero attached hydrogens (tertiary/aromatic N) is 2. The zero-order valence-corrected chi connectivity index (χ0v) is 17.7. The molecule has 1 atom stereocenters. The van der Waals surface area contributed by atoms with Gasteiger partial charge in [0.2, 0.25) is 0 Å². The van der Waals surface area contributed by atoms with Crippen molar-refractivity contribution in [3.8, 4) is 0 Å². The highest BCUT2D eigenvalue weighted by molar-refractivity contribution is 7.99. The number of unbranched alkanes of at least 4 members (excludes halogenated alkanes) is 1. The van der Waals surface area contributed by atoms with Crippen molar-refractivity contribution in [3.05, 3.63) is 30.3 Å². The lowest BCUT2D eigenvalue weighted by atomic mass is 10.2. The number of likely N-dealkylation sites (tertiary alicyclic amines) is 1. The number of guanidine groups is 1. The van der Waals surface area contributed by atoms with Crippen molar-refractivity contribution < 1.29 is 9.47 Å². The van der Waals surface area contributed by atoms with E-state index in [9.17, 15) is 0 Å². The minimum Gasteiger partial charge on any atom is -0.379 e. The summed E-state index contributed by atoms with van der Waals surface area (Å²) in [6.45, 7) is 7.96. The Labute approximate surface area is 168 Å². The summed E-state index contributed by atoms with van der Waals surface area (Å²) in [4.78, 5) is 8.16. The zero-order chi connectivity index (χ0) is 19.2. The van der Waals surface area contributed by atoms with E-state index in [1.54, 1.807) is 0 Å². The molecule has 1 N–H and O–H groups in total. The molecule has 27 heavy (non-hydrogen) atoms. The van der Waals surface area contributed by atoms with Crippen LogP contribution in [0.1, 0.15) is 26.2 Å². The zero-order valence-electron chi connectivity index (χ0n) is 16.9. The fraction of sp³-hybridized carbons (Fsp3) is 0.667. The molecule has 1 aliphatic heterocycles. The van der Waals surface area contributed by atoms with Crippen LogP contribution in [-0.4, -0.2) is 69.7 Å². The predicted molar refractivity (Wildman–Crippen MR) is 115 cm³/mol. The average molecular weight is 394 g/mol. The molecule has 1 aromatic rings. The molecule has 6 heteroatoms. The SMILES string of the molecule is CCCCOCCOCCNC(=NC)N1CCC(CSc2ccccc2)C1. The summed E-state index contributed by atoms with van der Waals surface area (Å²) in [7, 11) is 1.86. The highest BCUT2D eigenvalue weighted by Gasteiger charge is 2.24. The maximum atomic E-state index is 5.62. The Balaban J connectivity index is 1.55. The number of ether oxygens (including phenoxy) is 2. The standard InChI is InChI=1S/C21H35N3O2S/c1-3-4-13-25-15-16-26-14-11-23-21(22-2)24-12-10-19(17-24)18-27-20-8-6-5-7-9-20/h5-9,19H,3-4,10-18H2,1-2H3,(H,22,23). The molecule has 0 aromatic heterocycles. The van der Waals surface area contributed by atoms with Gasteiger partial charge in [-0.15, -0.1) is 11.8 Å². The van der Waals surface area contributed by atoms with Gasteiger partial charge in [0.1, 0.15) is 0 Å². The lowest BCUT2D eigenvalue weighted by molar-refractivity contribution is 0.0486. The van der Waals surface area contributed by atoms with Crippen molar-refractivity contribution in [3.63, 3.8) is 0 Å². The molecule has 0 amide bonds. The quantitative estimate of drug-likeness (QED) is 0.255. The van der Waals surface area contributed by atoms with Crippen LogP contribution in [0.25, 0.3) is 0 Å². The molecule has 0 spiro atoms. The number of benzene rings is 1. The van der Waals surface area contributed by atoms with Gasteiger partial charge in [-0.25, -0.2) is 0 Å². The fourth-order valence-corrected chi connectivity index (χ4v) is 4.08. The second-order valence-corrected chi connectivity index (χ2v) is 7.87. The first kappa shape index (κ1) is 22.1. The normalized spacial score (nSPS) is 17.5. The Bertz CT molecular complexity index is 527. The van der Waals surface area contributed by atoms with Crippen LogP contribution in [0, 0.1) is 5.92 Å². The minimum atomic E-state index is 0.659. The summed E-state index contributed by atoms with van der Waals surface area (Å²) < 4.78 is 11.1. The molecule has 5 nitrogen and oxygen atoms in total. The number of rotatable bonds is 12. The van der Waals surface area contributed by atoms with E-state index in [1.165, 1.54) is 23.5 Å². The van der Waals surface area contributed by atoms with Crippen LogP contribution < -0.4 is 5.32 Å². The molecule has 0 radical (unpaired) electrons. The Hall–Kier alpha value is -1.24. The maximum absolute atomic E-state index is 5.62. The van der Waals surface area contributed by atoms with Gasteiger partial charge >= 0.3 is 0 Å². The van der Waals surface area contributed by atoms with E-state index < -0.39 is 0 Å². The molecule has 1 aliphatic rings. The van der Waals surface area contributed by atoms with Crippen molar-refractivity contribution in [1.29, 1.82) is 0 Å². The van der Waals surface area contributed by atoms with E-state index in [0.717, 1.165) is 38.6 Å². The van der Waals surface area contributed by atoms with Gasteiger partial charge in [0.05, 0.1) is 19.8 Å². The number of hydrogen-bond donors (Lipinski definition) is 1. The highest BCUT2D eigenvalue weighted by atomic mass is 32.2. The Morgan fingerprint density at radius 1 is 1.19 bits per heavy atom. The van der Waals surface area contributed by atoms with Crippen molar-refractivity contribution >= 4 is 17.7 Å². The Kier molecular flexibility index (Phi) is 11.3. The van der Waals surface area contributed by atoms with Crippen LogP contribution in [-0.2, 0) is 9.47 Å². The van der Waals surface area contributed by atoms with Gasteiger partial charge in [0.25, 0.3) is 0 Å². The number of aliphatic imine (C=N–C) groups is 1. The highest BCUT2D eigenvalue weighted by Crippen LogP contribution is 2.25. The van der Waals surface area contributed by atoms with Crippen molar-refractivity contribution in [2.24, 2.45) is 10.9 Å². The van der Waals surface area contributed by atoms with Crippen molar-refractivity contribution in [1.82, 2.24) is 10.2 Å². The molecular formula is C21H35N3O2S. The van der Waals surface area contributed by atoms with Gasteiger partial charge in [0.15, 0.2) is 5.96 Å². The van der Waals surface area contributed by atoms with E-state index in [2.05, 4.69) is 52.5 Å². The van der Waals surface area contributed by atoms with Crippen LogP contribution in [0.4, 0.5) is 0 Å². The van der Waals surface area contributed by atoms with Crippen LogP contribution in [0.5, 0.6) is 0 Å². The number of thioether (sulfide) groups is 1. The van der Waals surface area contributed by atoms with Crippen LogP contribution in [0.15, 0.2) is 40.2 Å². The first-order valence-electron chi connectivity index (χ1n) is 10.1. The number of nitrogens with one attached hydrogen (secondary N) is 1. The van der Waals surface area contributed by atoms with Gasteiger partial charge < -0.3 is 19.7 Å². The first-order valence-corrected chi connectivity index (χ1v) is 11.1. The molecule has 0 bridgehead atoms. The second-order valence-electron chi connectivity index (χ2n) is 6.78. The van der Waals surface area contributed by atoms with Gasteiger partial charge in [-0.05, 0) is 30.9 Å². The summed E-state index contributed by atoms with van der Waals surface area (Å²) in [6, 6.07) is 10.7. The maximum Gasteiger partial charge on any atom is 0.193 e. The third-order valence-electron chi connectivity index (χ3n) is 4.57. The van der Waals surface area contributed by atoms with E-state index in [1.807, 2.05) is 18.8 Å². The molecule has 1 heterocycles. The second kappa shape index (κ2) is 13.9. The molecule has 152 valence electrons. The lowest BCUT2D eigenvalue weighted by Gasteiger charge is -2.21. The summed E-state index contributed by atoms with van der Waals surface area (Å²) >= 11 is 1.95. The molecule has 1 saturated heterocycles. The predicted octanol–water partition coefficient (Wildman–Crippen LogP) is 3.51. The molecule has 0 saturated carbocycles. The Morgan fingerprint density at radius 3 is 2.70 bits per heavy atom. The summed E-state index contributed by atoms with van der Waals surface area (Å²) in [5.74, 6) is 2.87. The van der Waals surface area contributed by atoms with Crippen LogP contribution in [0.2, 0.25) is 0 Å². The molecule has 1 fully saturated rings. The average Bonchev–Trinajstić information content (AvgIpc) is 3.17. The smallest absolute Gasteiger partial charge is 0.193 e. The fourth-order valence-electron chi connectivity index (χ4n) is 3.03. The van der Waals surface area contributed by atoms with Crippen molar-refractivity contribution in [2.75, 3.05) is 58.9 Å². The summed E-state index contributed by atoms with van der Waals surface area (Å²) in [5.41, 5.74) is 0. The monoisotopic (exact) mass is 393 g/mol. The molecule has 0 aliphatic carbocycles. The number of hydrogen-bond acceptors (Lipinski definition) is 4. The van der Waals surface area contributed by atoms with Gasteiger partial charge in [-0.2, -0.15) is 0 Å². The first-order chi connectivity index (χ1) is 13.3. The Morgan fingerprint density at radius 2 is 1.96 bits per heavy atom. The van der Waals surface area contributed by atoms with Crippen LogP contribution >= 0.6 is 11.8 Å². The third kappa shape index (κ3) is 9.00. The minimum absolute atomic E-state index is 0.659. The van der Waals surface area contributed by atoms with Gasteiger partial charge in [-0.3, -0.25) is 4.99 Å². The molecular weight excluding hydrogens is 358 g/mol. The summed E-state index contributed by atoms with van der Waals surface area (Å²) in [6.07, 6.45) is 3.52. The summed E-state index contributed by atoms with van der Waals surface area (Å²) in [5, 5.41) is 3.42. The van der Waals surface area contributed by atoms with Crippen molar-refractivity contribution in [2.45, 2.75) is 31.1 Å². The van der Waals surface area contributed by atoms with Gasteiger partial charge in [-0.1, -0.05) is 31.5 Å².